The number of rotatable bonds is 6. The molecule has 1 aliphatic rings. The quantitative estimate of drug-likeness (QED) is 0.338. The van der Waals surface area contributed by atoms with Crippen molar-refractivity contribution in [2.75, 3.05) is 22.1 Å². The van der Waals surface area contributed by atoms with Crippen molar-refractivity contribution in [3.8, 4) is 0 Å². The van der Waals surface area contributed by atoms with E-state index in [1.54, 1.807) is 34.4 Å². The number of nitrogens with two attached hydrogens (primary N) is 1. The molecule has 2 atom stereocenters. The van der Waals surface area contributed by atoms with Crippen LogP contribution in [-0.4, -0.2) is 60.4 Å². The Morgan fingerprint density at radius 2 is 2.25 bits per heavy atom. The van der Waals surface area contributed by atoms with Crippen LogP contribution in [0.4, 0.5) is 27.1 Å². The van der Waals surface area contributed by atoms with Crippen LogP contribution in [0.25, 0.3) is 5.52 Å². The van der Waals surface area contributed by atoms with E-state index in [4.69, 9.17) is 5.73 Å². The predicted octanol–water partition coefficient (Wildman–Crippen LogP) is 1.31. The van der Waals surface area contributed by atoms with Crippen molar-refractivity contribution in [2.45, 2.75) is 18.6 Å². The average Bonchev–Trinajstić information content (AvgIpc) is 3.54. The maximum absolute atomic E-state index is 14.4. The summed E-state index contributed by atoms with van der Waals surface area (Å²) in [5, 5.41) is 18.9. The Morgan fingerprint density at radius 1 is 1.38 bits per heavy atom. The van der Waals surface area contributed by atoms with Gasteiger partial charge in [0.15, 0.2) is 16.8 Å². The molecule has 0 unspecified atom stereocenters. The van der Waals surface area contributed by atoms with Crippen LogP contribution < -0.4 is 21.3 Å². The molecule has 0 bridgehead atoms. The van der Waals surface area contributed by atoms with E-state index in [0.717, 1.165) is 0 Å². The van der Waals surface area contributed by atoms with Crippen molar-refractivity contribution in [3.05, 3.63) is 41.7 Å². The fraction of sp³-hybridized carbons (Fsp3) is 0.222. The fourth-order valence-corrected chi connectivity index (χ4v) is 4.03. The molecule has 2 amide bonds. The van der Waals surface area contributed by atoms with Crippen LogP contribution in [-0.2, 0) is 4.79 Å². The number of alkyl halides is 1. The zero-order chi connectivity index (χ0) is 22.2. The molecule has 0 saturated carbocycles. The minimum absolute atomic E-state index is 0.00832. The standard InChI is InChI=1S/C18H17FN10O2S/c19-9-6-12(16(31)24-18-21-3-5-32-18)28(8-9)17-23-15(11-2-1-4-29(11)27-17)22-13-7-10(14(20)30)25-26-13/h1-5,7,9,12H,6,8H2,(H2,20,30)(H,21,24,31)(H2,22,23,25,26,27)/t9-,12+/m1/s1. The smallest absolute Gasteiger partial charge is 0.266 e. The van der Waals surface area contributed by atoms with Gasteiger partial charge < -0.3 is 21.3 Å². The largest absolute Gasteiger partial charge is 0.364 e. The molecule has 0 aromatic carbocycles. The molecule has 5 rings (SSSR count). The third-order valence-electron chi connectivity index (χ3n) is 4.94. The molecule has 12 nitrogen and oxygen atoms in total. The van der Waals surface area contributed by atoms with Crippen molar-refractivity contribution in [1.82, 2.24) is 29.8 Å². The molecule has 164 valence electrons. The maximum Gasteiger partial charge on any atom is 0.266 e. The van der Waals surface area contributed by atoms with Gasteiger partial charge in [0.2, 0.25) is 11.9 Å². The summed E-state index contributed by atoms with van der Waals surface area (Å²) in [6.45, 7) is -0.0313. The van der Waals surface area contributed by atoms with Crippen molar-refractivity contribution in [3.63, 3.8) is 0 Å². The summed E-state index contributed by atoms with van der Waals surface area (Å²) in [6.07, 6.45) is 2.07. The first-order chi connectivity index (χ1) is 15.5. The Morgan fingerprint density at radius 3 is 3.00 bits per heavy atom. The van der Waals surface area contributed by atoms with Gasteiger partial charge in [-0.05, 0) is 12.1 Å². The molecule has 1 saturated heterocycles. The van der Waals surface area contributed by atoms with Gasteiger partial charge in [-0.3, -0.25) is 14.7 Å². The topological polar surface area (TPSA) is 159 Å². The SMILES string of the molecule is NC(=O)c1cc(Nc2nc(N3C[C@H](F)C[C@H]3C(=O)Nc3nccs3)nn3cccc23)n[nH]1. The first-order valence-corrected chi connectivity index (χ1v) is 10.4. The number of nitrogens with one attached hydrogen (secondary N) is 3. The highest BCUT2D eigenvalue weighted by Crippen LogP contribution is 2.29. The lowest BCUT2D eigenvalue weighted by molar-refractivity contribution is -0.117. The molecule has 1 aliphatic heterocycles. The van der Waals surface area contributed by atoms with Crippen LogP contribution in [0.3, 0.4) is 0 Å². The number of hydrogen-bond acceptors (Lipinski definition) is 9. The second kappa shape index (κ2) is 7.88. The number of aromatic amines is 1. The summed E-state index contributed by atoms with van der Waals surface area (Å²) in [4.78, 5) is 34.2. The highest BCUT2D eigenvalue weighted by molar-refractivity contribution is 7.13. The number of nitrogens with zero attached hydrogens (tertiary/aromatic N) is 6. The van der Waals surface area contributed by atoms with E-state index >= 15 is 0 Å². The fourth-order valence-electron chi connectivity index (χ4n) is 3.50. The summed E-state index contributed by atoms with van der Waals surface area (Å²) < 4.78 is 15.9. The third kappa shape index (κ3) is 3.71. The Labute approximate surface area is 183 Å². The molecule has 5 N–H and O–H groups in total. The Kier molecular flexibility index (Phi) is 4.89. The van der Waals surface area contributed by atoms with Crippen molar-refractivity contribution < 1.29 is 14.0 Å². The van der Waals surface area contributed by atoms with Gasteiger partial charge in [-0.15, -0.1) is 16.4 Å². The number of carbonyl (C=O) groups is 2. The second-order valence-corrected chi connectivity index (χ2v) is 7.98. The minimum Gasteiger partial charge on any atom is -0.364 e. The van der Waals surface area contributed by atoms with E-state index in [2.05, 4.69) is 35.9 Å². The Balaban J connectivity index is 1.47. The summed E-state index contributed by atoms with van der Waals surface area (Å²) in [5.74, 6) is -0.189. The van der Waals surface area contributed by atoms with Crippen molar-refractivity contribution in [1.29, 1.82) is 0 Å². The molecule has 32 heavy (non-hydrogen) atoms. The van der Waals surface area contributed by atoms with Gasteiger partial charge in [0.1, 0.15) is 23.4 Å². The molecular formula is C18H17FN10O2S. The van der Waals surface area contributed by atoms with Crippen LogP contribution in [0, 0.1) is 0 Å². The number of aromatic nitrogens is 6. The predicted molar refractivity (Wildman–Crippen MR) is 115 cm³/mol. The first-order valence-electron chi connectivity index (χ1n) is 9.56. The van der Waals surface area contributed by atoms with Gasteiger partial charge in [-0.2, -0.15) is 10.1 Å². The number of thiazole rings is 1. The van der Waals surface area contributed by atoms with Gasteiger partial charge in [-0.25, -0.2) is 13.9 Å². The van der Waals surface area contributed by atoms with Gasteiger partial charge in [0.05, 0.1) is 6.54 Å². The first kappa shape index (κ1) is 19.9. The number of fused-ring (bicyclic) bond motifs is 1. The zero-order valence-corrected chi connectivity index (χ0v) is 17.2. The number of H-pyrrole nitrogens is 1. The van der Waals surface area contributed by atoms with Gasteiger partial charge >= 0.3 is 0 Å². The number of halogens is 1. The maximum atomic E-state index is 14.4. The lowest BCUT2D eigenvalue weighted by atomic mass is 10.2. The van der Waals surface area contributed by atoms with Crippen LogP contribution in [0.1, 0.15) is 16.9 Å². The monoisotopic (exact) mass is 456 g/mol. The Bertz CT molecular complexity index is 1290. The van der Waals surface area contributed by atoms with Gasteiger partial charge in [0, 0.05) is 30.3 Å². The van der Waals surface area contributed by atoms with Crippen LogP contribution in [0.5, 0.6) is 0 Å². The average molecular weight is 456 g/mol. The number of carbonyl (C=O) groups excluding carboxylic acids is 2. The van der Waals surface area contributed by atoms with E-state index < -0.39 is 18.1 Å². The normalized spacial score (nSPS) is 18.2. The summed E-state index contributed by atoms with van der Waals surface area (Å²) >= 11 is 1.28. The molecule has 4 aromatic heterocycles. The van der Waals surface area contributed by atoms with E-state index in [9.17, 15) is 14.0 Å². The molecule has 0 radical (unpaired) electrons. The van der Waals surface area contributed by atoms with E-state index in [1.807, 2.05) is 0 Å². The third-order valence-corrected chi connectivity index (χ3v) is 5.63. The Hall–Kier alpha value is -4.07. The van der Waals surface area contributed by atoms with Gasteiger partial charge in [-0.1, -0.05) is 0 Å². The van der Waals surface area contributed by atoms with Crippen LogP contribution >= 0.6 is 11.3 Å². The molecule has 14 heteroatoms. The molecule has 1 fully saturated rings. The summed E-state index contributed by atoms with van der Waals surface area (Å²) in [7, 11) is 0. The molecule has 4 aromatic rings. The van der Waals surface area contributed by atoms with E-state index in [1.165, 1.54) is 22.3 Å². The molecule has 0 aliphatic carbocycles. The molecule has 5 heterocycles. The van der Waals surface area contributed by atoms with Crippen molar-refractivity contribution >= 4 is 51.4 Å². The lowest BCUT2D eigenvalue weighted by Crippen LogP contribution is -2.41. The van der Waals surface area contributed by atoms with E-state index in [0.29, 0.717) is 22.3 Å². The van der Waals surface area contributed by atoms with Crippen LogP contribution in [0.15, 0.2) is 36.0 Å². The summed E-state index contributed by atoms with van der Waals surface area (Å²) in [6, 6.07) is 4.19. The molecule has 0 spiro atoms. The highest BCUT2D eigenvalue weighted by atomic mass is 32.1. The van der Waals surface area contributed by atoms with Crippen molar-refractivity contribution in [2.24, 2.45) is 5.73 Å². The number of anilines is 4. The number of hydrogen-bond donors (Lipinski definition) is 4. The van der Waals surface area contributed by atoms with Gasteiger partial charge in [0.25, 0.3) is 5.91 Å². The number of amides is 2. The number of primary amides is 1. The lowest BCUT2D eigenvalue weighted by Gasteiger charge is -2.23. The second-order valence-electron chi connectivity index (χ2n) is 7.08. The van der Waals surface area contributed by atoms with Crippen LogP contribution in [0.2, 0.25) is 0 Å². The highest BCUT2D eigenvalue weighted by Gasteiger charge is 2.39. The van der Waals surface area contributed by atoms with E-state index in [-0.39, 0.29) is 30.5 Å². The minimum atomic E-state index is -1.22. The molecular weight excluding hydrogens is 439 g/mol. The zero-order valence-electron chi connectivity index (χ0n) is 16.4. The summed E-state index contributed by atoms with van der Waals surface area (Å²) in [5.41, 5.74) is 6.01.